The molecule has 1 aliphatic rings. The fourth-order valence-electron chi connectivity index (χ4n) is 2.45. The van der Waals surface area contributed by atoms with E-state index in [1.807, 2.05) is 36.4 Å². The summed E-state index contributed by atoms with van der Waals surface area (Å²) >= 11 is 0. The molecule has 3 rings (SSSR count). The van der Waals surface area contributed by atoms with Crippen LogP contribution in [0, 0.1) is 0 Å². The average Bonchev–Trinajstić information content (AvgIpc) is 2.91. The van der Waals surface area contributed by atoms with Crippen LogP contribution in [0.1, 0.15) is 23.2 Å². The number of hydrogen-bond donors (Lipinski definition) is 1. The molecule has 1 fully saturated rings. The predicted molar refractivity (Wildman–Crippen MR) is 69.3 cm³/mol. The number of benzene rings is 2. The molecule has 0 radical (unpaired) electrons. The van der Waals surface area contributed by atoms with Crippen molar-refractivity contribution in [3.8, 4) is 0 Å². The molecule has 2 aromatic carbocycles. The van der Waals surface area contributed by atoms with Crippen LogP contribution in [0.5, 0.6) is 0 Å². The lowest BCUT2D eigenvalue weighted by Crippen LogP contribution is -2.30. The molecule has 1 N–H and O–H groups in total. The largest absolute Gasteiger partial charge is 0.307 e. The van der Waals surface area contributed by atoms with Crippen molar-refractivity contribution in [2.75, 3.05) is 6.54 Å². The predicted octanol–water partition coefficient (Wildman–Crippen LogP) is 2.77. The topological polar surface area (TPSA) is 29.1 Å². The third kappa shape index (κ3) is 1.96. The van der Waals surface area contributed by atoms with Crippen molar-refractivity contribution in [2.45, 2.75) is 18.9 Å². The molecule has 17 heavy (non-hydrogen) atoms. The summed E-state index contributed by atoms with van der Waals surface area (Å²) < 4.78 is 0. The van der Waals surface area contributed by atoms with Crippen molar-refractivity contribution in [3.63, 3.8) is 0 Å². The van der Waals surface area contributed by atoms with Crippen molar-refractivity contribution in [1.29, 1.82) is 0 Å². The Kier molecular flexibility index (Phi) is 2.65. The maximum absolute atomic E-state index is 12.2. The number of rotatable bonds is 2. The van der Waals surface area contributed by atoms with E-state index >= 15 is 0 Å². The van der Waals surface area contributed by atoms with E-state index in [-0.39, 0.29) is 11.8 Å². The summed E-state index contributed by atoms with van der Waals surface area (Å²) in [4.78, 5) is 12.2. The lowest BCUT2D eigenvalue weighted by atomic mass is 10.00. The van der Waals surface area contributed by atoms with Crippen molar-refractivity contribution in [2.24, 2.45) is 0 Å². The molecule has 0 amide bonds. The number of Topliss-reactive ketones (excluding diaryl/α,β-unsaturated/α-hetero) is 1. The molecular formula is C15H15NO. The fraction of sp³-hybridized carbons (Fsp3) is 0.267. The fourth-order valence-corrected chi connectivity index (χ4v) is 2.45. The van der Waals surface area contributed by atoms with Crippen LogP contribution in [0.4, 0.5) is 0 Å². The lowest BCUT2D eigenvalue weighted by molar-refractivity contribution is 0.0952. The molecule has 1 heterocycles. The number of carbonyl (C=O) groups is 1. The Morgan fingerprint density at radius 1 is 1.12 bits per heavy atom. The maximum Gasteiger partial charge on any atom is 0.179 e. The Balaban J connectivity index is 1.97. The molecule has 0 aromatic heterocycles. The van der Waals surface area contributed by atoms with E-state index < -0.39 is 0 Å². The number of ketones is 1. The summed E-state index contributed by atoms with van der Waals surface area (Å²) in [6.45, 7) is 0.962. The number of hydrogen-bond acceptors (Lipinski definition) is 2. The third-order valence-corrected chi connectivity index (χ3v) is 3.41. The first-order chi connectivity index (χ1) is 8.34. The normalized spacial score (nSPS) is 19.6. The van der Waals surface area contributed by atoms with E-state index in [4.69, 9.17) is 0 Å². The van der Waals surface area contributed by atoms with Crippen molar-refractivity contribution >= 4 is 16.6 Å². The van der Waals surface area contributed by atoms with Gasteiger partial charge in [-0.25, -0.2) is 0 Å². The van der Waals surface area contributed by atoms with Gasteiger partial charge in [-0.3, -0.25) is 4.79 Å². The molecular weight excluding hydrogens is 210 g/mol. The van der Waals surface area contributed by atoms with Gasteiger partial charge in [-0.15, -0.1) is 0 Å². The SMILES string of the molecule is O=C(c1ccc2ccccc2c1)[C@H]1CCCN1. The van der Waals surface area contributed by atoms with E-state index in [2.05, 4.69) is 11.4 Å². The molecule has 86 valence electrons. The molecule has 0 spiro atoms. The number of carbonyl (C=O) groups excluding carboxylic acids is 1. The summed E-state index contributed by atoms with van der Waals surface area (Å²) in [6.07, 6.45) is 2.07. The van der Waals surface area contributed by atoms with Gasteiger partial charge in [0.2, 0.25) is 0 Å². The van der Waals surface area contributed by atoms with Crippen LogP contribution in [0.15, 0.2) is 42.5 Å². The smallest absolute Gasteiger partial charge is 0.179 e. The van der Waals surface area contributed by atoms with Gasteiger partial charge >= 0.3 is 0 Å². The summed E-state index contributed by atoms with van der Waals surface area (Å²) in [7, 11) is 0. The van der Waals surface area contributed by atoms with E-state index in [0.717, 1.165) is 30.3 Å². The Morgan fingerprint density at radius 2 is 1.94 bits per heavy atom. The minimum absolute atomic E-state index is 0.0242. The highest BCUT2D eigenvalue weighted by atomic mass is 16.1. The molecule has 0 bridgehead atoms. The van der Waals surface area contributed by atoms with Crippen LogP contribution in [0.2, 0.25) is 0 Å². The van der Waals surface area contributed by atoms with E-state index in [1.165, 1.54) is 5.39 Å². The first-order valence-corrected chi connectivity index (χ1v) is 6.11. The molecule has 1 atom stereocenters. The molecule has 1 aliphatic heterocycles. The van der Waals surface area contributed by atoms with Gasteiger partial charge in [0.05, 0.1) is 6.04 Å². The first-order valence-electron chi connectivity index (χ1n) is 6.11. The zero-order valence-electron chi connectivity index (χ0n) is 9.65. The molecule has 1 saturated heterocycles. The molecule has 2 nitrogen and oxygen atoms in total. The Labute approximate surface area is 101 Å². The summed E-state index contributed by atoms with van der Waals surface area (Å²) in [5.41, 5.74) is 0.822. The molecule has 0 saturated carbocycles. The summed E-state index contributed by atoms with van der Waals surface area (Å²) in [5.74, 6) is 0.230. The zero-order valence-corrected chi connectivity index (χ0v) is 9.65. The van der Waals surface area contributed by atoms with Crippen LogP contribution in [-0.4, -0.2) is 18.4 Å². The van der Waals surface area contributed by atoms with Gasteiger partial charge in [-0.1, -0.05) is 36.4 Å². The van der Waals surface area contributed by atoms with Crippen molar-refractivity contribution < 1.29 is 4.79 Å². The second-order valence-corrected chi connectivity index (χ2v) is 4.58. The average molecular weight is 225 g/mol. The molecule has 0 aliphatic carbocycles. The first kappa shape index (κ1) is 10.5. The van der Waals surface area contributed by atoms with Crippen LogP contribution < -0.4 is 5.32 Å². The van der Waals surface area contributed by atoms with Gasteiger partial charge in [-0.2, -0.15) is 0 Å². The summed E-state index contributed by atoms with van der Waals surface area (Å²) in [5, 5.41) is 5.57. The monoisotopic (exact) mass is 225 g/mol. The number of fused-ring (bicyclic) bond motifs is 1. The molecule has 2 heteroatoms. The third-order valence-electron chi connectivity index (χ3n) is 3.41. The van der Waals surface area contributed by atoms with Gasteiger partial charge in [0, 0.05) is 5.56 Å². The van der Waals surface area contributed by atoms with Gasteiger partial charge in [-0.05, 0) is 36.2 Å². The second kappa shape index (κ2) is 4.30. The quantitative estimate of drug-likeness (QED) is 0.796. The van der Waals surface area contributed by atoms with E-state index in [9.17, 15) is 4.79 Å². The molecule has 2 aromatic rings. The van der Waals surface area contributed by atoms with Gasteiger partial charge in [0.15, 0.2) is 5.78 Å². The Bertz CT molecular complexity index is 556. The van der Waals surface area contributed by atoms with Crippen LogP contribution in [-0.2, 0) is 0 Å². The second-order valence-electron chi connectivity index (χ2n) is 4.58. The number of nitrogens with one attached hydrogen (secondary N) is 1. The van der Waals surface area contributed by atoms with Crippen LogP contribution in [0.25, 0.3) is 10.8 Å². The minimum Gasteiger partial charge on any atom is -0.307 e. The summed E-state index contributed by atoms with van der Waals surface area (Å²) in [6, 6.07) is 14.1. The maximum atomic E-state index is 12.2. The van der Waals surface area contributed by atoms with Crippen molar-refractivity contribution in [1.82, 2.24) is 5.32 Å². The van der Waals surface area contributed by atoms with Gasteiger partial charge in [0.1, 0.15) is 0 Å². The van der Waals surface area contributed by atoms with E-state index in [1.54, 1.807) is 0 Å². The lowest BCUT2D eigenvalue weighted by Gasteiger charge is -2.09. The van der Waals surface area contributed by atoms with E-state index in [0.29, 0.717) is 0 Å². The minimum atomic E-state index is 0.0242. The van der Waals surface area contributed by atoms with Crippen molar-refractivity contribution in [3.05, 3.63) is 48.0 Å². The Morgan fingerprint density at radius 3 is 2.71 bits per heavy atom. The van der Waals surface area contributed by atoms with Crippen LogP contribution in [0.3, 0.4) is 0 Å². The van der Waals surface area contributed by atoms with Gasteiger partial charge < -0.3 is 5.32 Å². The zero-order chi connectivity index (χ0) is 11.7. The van der Waals surface area contributed by atoms with Crippen LogP contribution >= 0.6 is 0 Å². The molecule has 0 unspecified atom stereocenters. The highest BCUT2D eigenvalue weighted by Gasteiger charge is 2.23. The Hall–Kier alpha value is -1.67. The highest BCUT2D eigenvalue weighted by molar-refractivity contribution is 6.03. The van der Waals surface area contributed by atoms with Gasteiger partial charge in [0.25, 0.3) is 0 Å². The standard InChI is InChI=1S/C15H15NO/c17-15(14-6-3-9-16-14)13-8-7-11-4-1-2-5-12(11)10-13/h1-2,4-5,7-8,10,14,16H,3,6,9H2/t14-/m1/s1. The highest BCUT2D eigenvalue weighted by Crippen LogP contribution is 2.18.